The average molecular weight is 275 g/mol. The van der Waals surface area contributed by atoms with Crippen molar-refractivity contribution in [2.45, 2.75) is 39.0 Å². The molecule has 1 aromatic rings. The van der Waals surface area contributed by atoms with Crippen molar-refractivity contribution in [3.05, 3.63) is 35.4 Å². The standard InChI is InChI=1S/C17H25NO2/c1-13(2)15-7-5-14(6-8-15)9-11-18-10-3-4-16(12-18)17(19)20/h5-8,13,16H,3-4,9-12H2,1-2H3,(H,19,20). The first kappa shape index (κ1) is 15.0. The predicted molar refractivity (Wildman–Crippen MR) is 81.0 cm³/mol. The Morgan fingerprint density at radius 2 is 2.05 bits per heavy atom. The van der Waals surface area contributed by atoms with Crippen molar-refractivity contribution in [3.8, 4) is 0 Å². The van der Waals surface area contributed by atoms with Gasteiger partial charge >= 0.3 is 5.97 Å². The van der Waals surface area contributed by atoms with Crippen molar-refractivity contribution in [2.75, 3.05) is 19.6 Å². The van der Waals surface area contributed by atoms with E-state index in [0.717, 1.165) is 32.4 Å². The van der Waals surface area contributed by atoms with Crippen molar-refractivity contribution < 1.29 is 9.90 Å². The molecule has 0 saturated carbocycles. The summed E-state index contributed by atoms with van der Waals surface area (Å²) in [6.45, 7) is 7.11. The largest absolute Gasteiger partial charge is 0.481 e. The van der Waals surface area contributed by atoms with Gasteiger partial charge in [-0.3, -0.25) is 4.79 Å². The fourth-order valence-electron chi connectivity index (χ4n) is 2.82. The summed E-state index contributed by atoms with van der Waals surface area (Å²) >= 11 is 0. The van der Waals surface area contributed by atoms with E-state index in [4.69, 9.17) is 5.11 Å². The SMILES string of the molecule is CC(C)c1ccc(CCN2CCCC(C(=O)O)C2)cc1. The number of piperidine rings is 1. The second kappa shape index (κ2) is 6.89. The molecule has 20 heavy (non-hydrogen) atoms. The lowest BCUT2D eigenvalue weighted by Gasteiger charge is -2.30. The highest BCUT2D eigenvalue weighted by Crippen LogP contribution is 2.18. The first-order valence-electron chi connectivity index (χ1n) is 7.60. The molecule has 0 radical (unpaired) electrons. The van der Waals surface area contributed by atoms with E-state index in [0.29, 0.717) is 12.5 Å². The second-order valence-electron chi connectivity index (χ2n) is 6.12. The molecular formula is C17H25NO2. The summed E-state index contributed by atoms with van der Waals surface area (Å²) in [6, 6.07) is 8.81. The van der Waals surface area contributed by atoms with Gasteiger partial charge < -0.3 is 10.0 Å². The van der Waals surface area contributed by atoms with Crippen LogP contribution in [0.3, 0.4) is 0 Å². The minimum Gasteiger partial charge on any atom is -0.481 e. The molecule has 0 aromatic heterocycles. The lowest BCUT2D eigenvalue weighted by Crippen LogP contribution is -2.39. The van der Waals surface area contributed by atoms with Gasteiger partial charge in [0.15, 0.2) is 0 Å². The number of benzene rings is 1. The van der Waals surface area contributed by atoms with Gasteiger partial charge in [-0.25, -0.2) is 0 Å². The molecule has 1 atom stereocenters. The Morgan fingerprint density at radius 3 is 2.65 bits per heavy atom. The molecular weight excluding hydrogens is 250 g/mol. The highest BCUT2D eigenvalue weighted by Gasteiger charge is 2.24. The van der Waals surface area contributed by atoms with E-state index < -0.39 is 5.97 Å². The molecule has 0 spiro atoms. The number of carboxylic acids is 1. The summed E-state index contributed by atoms with van der Waals surface area (Å²) in [5.41, 5.74) is 2.71. The van der Waals surface area contributed by atoms with Crippen molar-refractivity contribution in [3.63, 3.8) is 0 Å². The van der Waals surface area contributed by atoms with E-state index in [1.165, 1.54) is 11.1 Å². The summed E-state index contributed by atoms with van der Waals surface area (Å²) in [5.74, 6) is -0.245. The first-order valence-corrected chi connectivity index (χ1v) is 7.60. The minimum atomic E-state index is -0.643. The van der Waals surface area contributed by atoms with E-state index in [-0.39, 0.29) is 5.92 Å². The molecule has 110 valence electrons. The van der Waals surface area contributed by atoms with Crippen LogP contribution in [0.2, 0.25) is 0 Å². The summed E-state index contributed by atoms with van der Waals surface area (Å²) in [5, 5.41) is 9.10. The molecule has 1 aromatic carbocycles. The smallest absolute Gasteiger partial charge is 0.307 e. The molecule has 1 saturated heterocycles. The van der Waals surface area contributed by atoms with Crippen LogP contribution >= 0.6 is 0 Å². The fraction of sp³-hybridized carbons (Fsp3) is 0.588. The Labute approximate surface area is 121 Å². The normalized spacial score (nSPS) is 20.2. The van der Waals surface area contributed by atoms with E-state index in [2.05, 4.69) is 43.0 Å². The topological polar surface area (TPSA) is 40.5 Å². The van der Waals surface area contributed by atoms with Crippen molar-refractivity contribution in [1.82, 2.24) is 4.90 Å². The van der Waals surface area contributed by atoms with Crippen LogP contribution in [0.15, 0.2) is 24.3 Å². The predicted octanol–water partition coefficient (Wildman–Crippen LogP) is 3.15. The van der Waals surface area contributed by atoms with Crippen LogP contribution in [0.5, 0.6) is 0 Å². The van der Waals surface area contributed by atoms with E-state index in [1.54, 1.807) is 0 Å². The maximum absolute atomic E-state index is 11.0. The molecule has 1 aliphatic rings. The Morgan fingerprint density at radius 1 is 1.35 bits per heavy atom. The summed E-state index contributed by atoms with van der Waals surface area (Å²) < 4.78 is 0. The number of aliphatic carboxylic acids is 1. The zero-order chi connectivity index (χ0) is 14.5. The van der Waals surface area contributed by atoms with Crippen molar-refractivity contribution >= 4 is 5.97 Å². The molecule has 1 fully saturated rings. The third kappa shape index (κ3) is 4.07. The zero-order valence-electron chi connectivity index (χ0n) is 12.5. The van der Waals surface area contributed by atoms with Gasteiger partial charge in [-0.2, -0.15) is 0 Å². The van der Waals surface area contributed by atoms with Crippen LogP contribution in [-0.2, 0) is 11.2 Å². The lowest BCUT2D eigenvalue weighted by molar-refractivity contribution is -0.143. The quantitative estimate of drug-likeness (QED) is 0.897. The number of carbonyl (C=O) groups is 1. The molecule has 3 nitrogen and oxygen atoms in total. The van der Waals surface area contributed by atoms with Gasteiger partial charge in [-0.1, -0.05) is 38.1 Å². The van der Waals surface area contributed by atoms with Gasteiger partial charge in [0.25, 0.3) is 0 Å². The molecule has 1 N–H and O–H groups in total. The number of nitrogens with zero attached hydrogens (tertiary/aromatic N) is 1. The molecule has 1 aliphatic heterocycles. The Bertz CT molecular complexity index is 439. The van der Waals surface area contributed by atoms with Crippen LogP contribution in [0.1, 0.15) is 43.7 Å². The maximum atomic E-state index is 11.0. The van der Waals surface area contributed by atoms with Gasteiger partial charge in [0.05, 0.1) is 5.92 Å². The highest BCUT2D eigenvalue weighted by molar-refractivity contribution is 5.70. The van der Waals surface area contributed by atoms with E-state index in [9.17, 15) is 4.79 Å². The van der Waals surface area contributed by atoms with E-state index in [1.807, 2.05) is 0 Å². The average Bonchev–Trinajstić information content (AvgIpc) is 2.46. The van der Waals surface area contributed by atoms with Crippen LogP contribution < -0.4 is 0 Å². The Balaban J connectivity index is 1.84. The third-order valence-corrected chi connectivity index (χ3v) is 4.22. The fourth-order valence-corrected chi connectivity index (χ4v) is 2.82. The number of hydrogen-bond donors (Lipinski definition) is 1. The third-order valence-electron chi connectivity index (χ3n) is 4.22. The molecule has 0 bridgehead atoms. The zero-order valence-corrected chi connectivity index (χ0v) is 12.5. The highest BCUT2D eigenvalue weighted by atomic mass is 16.4. The van der Waals surface area contributed by atoms with E-state index >= 15 is 0 Å². The summed E-state index contributed by atoms with van der Waals surface area (Å²) in [6.07, 6.45) is 2.84. The molecule has 2 rings (SSSR count). The Kier molecular flexibility index (Phi) is 5.18. The number of hydrogen-bond acceptors (Lipinski definition) is 2. The summed E-state index contributed by atoms with van der Waals surface area (Å²) in [7, 11) is 0. The number of likely N-dealkylation sites (tertiary alicyclic amines) is 1. The van der Waals surface area contributed by atoms with Crippen LogP contribution in [-0.4, -0.2) is 35.6 Å². The maximum Gasteiger partial charge on any atom is 0.307 e. The van der Waals surface area contributed by atoms with Gasteiger partial charge in [0.2, 0.25) is 0 Å². The molecule has 1 heterocycles. The van der Waals surface area contributed by atoms with Gasteiger partial charge in [-0.15, -0.1) is 0 Å². The van der Waals surface area contributed by atoms with Crippen LogP contribution in [0, 0.1) is 5.92 Å². The molecule has 3 heteroatoms. The lowest BCUT2D eigenvalue weighted by atomic mass is 9.97. The molecule has 0 amide bonds. The first-order chi connectivity index (χ1) is 9.56. The molecule has 0 aliphatic carbocycles. The van der Waals surface area contributed by atoms with Gasteiger partial charge in [0, 0.05) is 13.1 Å². The number of rotatable bonds is 5. The monoisotopic (exact) mass is 275 g/mol. The minimum absolute atomic E-state index is 0.174. The van der Waals surface area contributed by atoms with Crippen LogP contribution in [0.25, 0.3) is 0 Å². The Hall–Kier alpha value is -1.35. The van der Waals surface area contributed by atoms with Crippen LogP contribution in [0.4, 0.5) is 0 Å². The second-order valence-corrected chi connectivity index (χ2v) is 6.12. The van der Waals surface area contributed by atoms with Crippen molar-refractivity contribution in [1.29, 1.82) is 0 Å². The number of carboxylic acid groups (broad SMARTS) is 1. The van der Waals surface area contributed by atoms with Gasteiger partial charge in [-0.05, 0) is 42.9 Å². The van der Waals surface area contributed by atoms with Gasteiger partial charge in [0.1, 0.15) is 0 Å². The summed E-state index contributed by atoms with van der Waals surface area (Å²) in [4.78, 5) is 13.3. The van der Waals surface area contributed by atoms with Crippen molar-refractivity contribution in [2.24, 2.45) is 5.92 Å². The molecule has 1 unspecified atom stereocenters.